The average molecular weight is 368 g/mol. The molecule has 3 rings (SSSR count). The van der Waals surface area contributed by atoms with Crippen LogP contribution in [0.15, 0.2) is 47.4 Å². The van der Waals surface area contributed by atoms with Gasteiger partial charge in [-0.3, -0.25) is 9.59 Å². The number of hydrogen-bond acceptors (Lipinski definition) is 3. The van der Waals surface area contributed by atoms with Crippen molar-refractivity contribution in [3.63, 3.8) is 0 Å². The smallest absolute Gasteiger partial charge is 0.322 e. The number of hydrogen-bond donors (Lipinski definition) is 2. The molecule has 1 aromatic heterocycles. The zero-order valence-corrected chi connectivity index (χ0v) is 15.7. The molecule has 1 aromatic carbocycles. The molecule has 2 atom stereocenters. The summed E-state index contributed by atoms with van der Waals surface area (Å²) in [5, 5.41) is 5.76. The average Bonchev–Trinajstić information content (AvgIpc) is 2.80. The molecule has 0 fully saturated rings. The molecule has 0 spiro atoms. The Morgan fingerprint density at radius 1 is 1.26 bits per heavy atom. The lowest BCUT2D eigenvalue weighted by atomic mass is 9.97. The third kappa shape index (κ3) is 3.86. The lowest BCUT2D eigenvalue weighted by molar-refractivity contribution is -0.121. The minimum atomic E-state index is -0.588. The number of anilines is 2. The van der Waals surface area contributed by atoms with Crippen molar-refractivity contribution in [3.8, 4) is 0 Å². The summed E-state index contributed by atoms with van der Waals surface area (Å²) < 4.78 is 1.40. The maximum Gasteiger partial charge on any atom is 0.322 e. The molecule has 0 aliphatic carbocycles. The maximum atomic E-state index is 13.1. The van der Waals surface area contributed by atoms with E-state index in [4.69, 9.17) is 0 Å². The Morgan fingerprint density at radius 2 is 2.00 bits per heavy atom. The van der Waals surface area contributed by atoms with E-state index in [-0.39, 0.29) is 23.4 Å². The van der Waals surface area contributed by atoms with Crippen molar-refractivity contribution in [1.82, 2.24) is 9.47 Å². The SMILES string of the molecule is CCC(C)C1C(=O)Nc2ccccc2CN1C(=O)Nc1ccc(=O)n(C)c1. The van der Waals surface area contributed by atoms with E-state index in [0.717, 1.165) is 17.7 Å². The zero-order valence-electron chi connectivity index (χ0n) is 15.7. The first-order valence-electron chi connectivity index (χ1n) is 9.03. The van der Waals surface area contributed by atoms with E-state index < -0.39 is 6.04 Å². The minimum Gasteiger partial charge on any atom is -0.324 e. The van der Waals surface area contributed by atoms with Crippen LogP contribution in [0.1, 0.15) is 25.8 Å². The molecule has 27 heavy (non-hydrogen) atoms. The molecule has 1 aliphatic heterocycles. The Hall–Kier alpha value is -3.09. The van der Waals surface area contributed by atoms with Gasteiger partial charge in [0.2, 0.25) is 11.5 Å². The predicted octanol–water partition coefficient (Wildman–Crippen LogP) is 2.79. The Kier molecular flexibility index (Phi) is 5.30. The van der Waals surface area contributed by atoms with Crippen LogP contribution >= 0.6 is 0 Å². The number of amides is 3. The first-order valence-corrected chi connectivity index (χ1v) is 9.03. The van der Waals surface area contributed by atoms with Gasteiger partial charge >= 0.3 is 6.03 Å². The fraction of sp³-hybridized carbons (Fsp3) is 0.350. The number of aromatic nitrogens is 1. The monoisotopic (exact) mass is 368 g/mol. The highest BCUT2D eigenvalue weighted by molar-refractivity contribution is 6.00. The number of carbonyl (C=O) groups excluding carboxylic acids is 2. The highest BCUT2D eigenvalue weighted by Gasteiger charge is 2.36. The van der Waals surface area contributed by atoms with Crippen LogP contribution in [0.2, 0.25) is 0 Å². The third-order valence-corrected chi connectivity index (χ3v) is 5.00. The van der Waals surface area contributed by atoms with E-state index in [9.17, 15) is 14.4 Å². The van der Waals surface area contributed by atoms with E-state index in [1.165, 1.54) is 10.6 Å². The lowest BCUT2D eigenvalue weighted by Crippen LogP contribution is -2.50. The Morgan fingerprint density at radius 3 is 2.70 bits per heavy atom. The first kappa shape index (κ1) is 18.7. The predicted molar refractivity (Wildman–Crippen MR) is 105 cm³/mol. The molecule has 7 nitrogen and oxygen atoms in total. The van der Waals surface area contributed by atoms with Crippen LogP contribution < -0.4 is 16.2 Å². The number of para-hydroxylation sites is 1. The van der Waals surface area contributed by atoms with Crippen molar-refractivity contribution in [2.45, 2.75) is 32.9 Å². The Bertz CT molecular complexity index is 921. The van der Waals surface area contributed by atoms with Crippen molar-refractivity contribution >= 4 is 23.3 Å². The summed E-state index contributed by atoms with van der Waals surface area (Å²) >= 11 is 0. The second-order valence-corrected chi connectivity index (χ2v) is 6.90. The number of fused-ring (bicyclic) bond motifs is 1. The summed E-state index contributed by atoms with van der Waals surface area (Å²) in [6, 6.07) is 9.49. The highest BCUT2D eigenvalue weighted by Crippen LogP contribution is 2.27. The van der Waals surface area contributed by atoms with Crippen molar-refractivity contribution in [2.24, 2.45) is 13.0 Å². The number of aryl methyl sites for hydroxylation is 1. The summed E-state index contributed by atoms with van der Waals surface area (Å²) in [7, 11) is 1.62. The number of nitrogens with one attached hydrogen (secondary N) is 2. The highest BCUT2D eigenvalue weighted by atomic mass is 16.2. The summed E-state index contributed by atoms with van der Waals surface area (Å²) in [5.74, 6) is -0.199. The van der Waals surface area contributed by atoms with Gasteiger partial charge in [-0.2, -0.15) is 0 Å². The van der Waals surface area contributed by atoms with E-state index in [0.29, 0.717) is 12.2 Å². The molecule has 0 saturated heterocycles. The molecule has 2 heterocycles. The van der Waals surface area contributed by atoms with E-state index >= 15 is 0 Å². The van der Waals surface area contributed by atoms with Crippen molar-refractivity contribution in [3.05, 3.63) is 58.5 Å². The van der Waals surface area contributed by atoms with Gasteiger partial charge in [-0.05, 0) is 23.6 Å². The van der Waals surface area contributed by atoms with Gasteiger partial charge in [0, 0.05) is 25.0 Å². The van der Waals surface area contributed by atoms with Crippen LogP contribution in [0.4, 0.5) is 16.2 Å². The zero-order chi connectivity index (χ0) is 19.6. The summed E-state index contributed by atoms with van der Waals surface area (Å²) in [4.78, 5) is 39.0. The molecule has 0 saturated carbocycles. The molecule has 2 N–H and O–H groups in total. The van der Waals surface area contributed by atoms with Crippen molar-refractivity contribution in [2.75, 3.05) is 10.6 Å². The van der Waals surface area contributed by atoms with Gasteiger partial charge in [-0.25, -0.2) is 4.79 Å². The quantitative estimate of drug-likeness (QED) is 0.874. The van der Waals surface area contributed by atoms with Crippen LogP contribution in [0.3, 0.4) is 0 Å². The van der Waals surface area contributed by atoms with Gasteiger partial charge in [0.05, 0.1) is 12.2 Å². The lowest BCUT2D eigenvalue weighted by Gasteiger charge is -2.32. The van der Waals surface area contributed by atoms with Crippen LogP contribution in [0.5, 0.6) is 0 Å². The number of benzene rings is 1. The van der Waals surface area contributed by atoms with Gasteiger partial charge in [0.15, 0.2) is 0 Å². The van der Waals surface area contributed by atoms with Crippen LogP contribution in [0.25, 0.3) is 0 Å². The molecule has 7 heteroatoms. The van der Waals surface area contributed by atoms with Gasteiger partial charge in [0.25, 0.3) is 0 Å². The number of pyridine rings is 1. The van der Waals surface area contributed by atoms with E-state index in [1.807, 2.05) is 38.1 Å². The fourth-order valence-corrected chi connectivity index (χ4v) is 3.26. The van der Waals surface area contributed by atoms with E-state index in [2.05, 4.69) is 10.6 Å². The van der Waals surface area contributed by atoms with Crippen LogP contribution in [-0.4, -0.2) is 27.4 Å². The molecule has 2 aromatic rings. The topological polar surface area (TPSA) is 83.4 Å². The normalized spacial score (nSPS) is 17.5. The number of rotatable bonds is 3. The van der Waals surface area contributed by atoms with Gasteiger partial charge < -0.3 is 20.1 Å². The summed E-state index contributed by atoms with van der Waals surface area (Å²) in [6.45, 7) is 4.29. The molecule has 2 unspecified atom stereocenters. The first-order chi connectivity index (χ1) is 12.9. The fourth-order valence-electron chi connectivity index (χ4n) is 3.26. The van der Waals surface area contributed by atoms with Crippen molar-refractivity contribution < 1.29 is 9.59 Å². The number of urea groups is 1. The molecule has 3 amide bonds. The standard InChI is InChI=1S/C20H24N4O3/c1-4-13(2)18-19(26)22-16-8-6-5-7-14(16)11-24(18)20(27)21-15-9-10-17(25)23(3)12-15/h5-10,12-13,18H,4,11H2,1-3H3,(H,21,27)(H,22,26). The van der Waals surface area contributed by atoms with E-state index in [1.54, 1.807) is 24.2 Å². The molecule has 142 valence electrons. The van der Waals surface area contributed by atoms with Crippen LogP contribution in [-0.2, 0) is 18.4 Å². The largest absolute Gasteiger partial charge is 0.324 e. The second-order valence-electron chi connectivity index (χ2n) is 6.90. The molecular formula is C20H24N4O3. The van der Waals surface area contributed by atoms with Gasteiger partial charge in [0.1, 0.15) is 6.04 Å². The van der Waals surface area contributed by atoms with Gasteiger partial charge in [-0.15, -0.1) is 0 Å². The maximum absolute atomic E-state index is 13.1. The summed E-state index contributed by atoms with van der Waals surface area (Å²) in [5.41, 5.74) is 1.96. The second kappa shape index (κ2) is 7.65. The third-order valence-electron chi connectivity index (χ3n) is 5.00. The van der Waals surface area contributed by atoms with Gasteiger partial charge in [-0.1, -0.05) is 38.5 Å². The summed E-state index contributed by atoms with van der Waals surface area (Å²) in [6.07, 6.45) is 2.32. The number of carbonyl (C=O) groups is 2. The molecule has 1 aliphatic rings. The molecule has 0 bridgehead atoms. The van der Waals surface area contributed by atoms with Crippen LogP contribution in [0, 0.1) is 5.92 Å². The Labute approximate surface area is 158 Å². The molecular weight excluding hydrogens is 344 g/mol. The minimum absolute atomic E-state index is 0.00908. The van der Waals surface area contributed by atoms with Crippen molar-refractivity contribution in [1.29, 1.82) is 0 Å². The molecule has 0 radical (unpaired) electrons. The number of nitrogens with zero attached hydrogens (tertiary/aromatic N) is 2. The Balaban J connectivity index is 1.94.